The molecule has 0 saturated carbocycles. The summed E-state index contributed by atoms with van der Waals surface area (Å²) >= 11 is 0. The highest BCUT2D eigenvalue weighted by Gasteiger charge is 2.20. The Bertz CT molecular complexity index is 817. The Morgan fingerprint density at radius 3 is 2.78 bits per heavy atom. The second-order valence-corrected chi connectivity index (χ2v) is 5.48. The number of likely N-dealkylation sites (tertiary alicyclic amines) is 1. The molecule has 6 heteroatoms. The molecule has 1 aliphatic heterocycles. The lowest BCUT2D eigenvalue weighted by atomic mass is 10.1. The summed E-state index contributed by atoms with van der Waals surface area (Å²) in [7, 11) is 0. The van der Waals surface area contributed by atoms with Gasteiger partial charge in [0.2, 0.25) is 5.82 Å². The molecule has 116 valence electrons. The van der Waals surface area contributed by atoms with Crippen LogP contribution < -0.4 is 0 Å². The minimum Gasteiger partial charge on any atom is -0.459 e. The van der Waals surface area contributed by atoms with Gasteiger partial charge >= 0.3 is 0 Å². The molecule has 1 aromatic carbocycles. The summed E-state index contributed by atoms with van der Waals surface area (Å²) in [5.41, 5.74) is 1.39. The topological polar surface area (TPSA) is 72.4 Å². The van der Waals surface area contributed by atoms with Crippen molar-refractivity contribution in [1.82, 2.24) is 15.0 Å². The predicted molar refractivity (Wildman–Crippen MR) is 82.6 cm³/mol. The third-order valence-electron chi connectivity index (χ3n) is 3.92. The molecule has 0 N–H and O–H groups in total. The van der Waals surface area contributed by atoms with Crippen molar-refractivity contribution in [3.05, 3.63) is 48.2 Å². The van der Waals surface area contributed by atoms with E-state index < -0.39 is 0 Å². The summed E-state index contributed by atoms with van der Waals surface area (Å²) in [6.07, 6.45) is 3.69. The van der Waals surface area contributed by atoms with Gasteiger partial charge in [-0.25, -0.2) is 0 Å². The molecule has 0 bridgehead atoms. The van der Waals surface area contributed by atoms with E-state index in [1.54, 1.807) is 24.5 Å². The zero-order valence-electron chi connectivity index (χ0n) is 12.4. The van der Waals surface area contributed by atoms with E-state index in [0.29, 0.717) is 23.0 Å². The van der Waals surface area contributed by atoms with Crippen molar-refractivity contribution in [1.29, 1.82) is 0 Å². The Balaban J connectivity index is 1.62. The Morgan fingerprint density at radius 2 is 2.00 bits per heavy atom. The van der Waals surface area contributed by atoms with Crippen LogP contribution >= 0.6 is 0 Å². The van der Waals surface area contributed by atoms with Crippen molar-refractivity contribution >= 4 is 5.91 Å². The van der Waals surface area contributed by atoms with E-state index in [1.165, 1.54) is 0 Å². The summed E-state index contributed by atoms with van der Waals surface area (Å²) in [6, 6.07) is 10.8. The second kappa shape index (κ2) is 5.72. The minimum absolute atomic E-state index is 0.0547. The SMILES string of the molecule is O=C(c1cccc(-c2noc(-c3ccco3)n2)c1)N1CCCC1. The normalized spacial score (nSPS) is 14.3. The monoisotopic (exact) mass is 309 g/mol. The van der Waals surface area contributed by atoms with Gasteiger partial charge in [0.05, 0.1) is 6.26 Å². The van der Waals surface area contributed by atoms with Gasteiger partial charge in [-0.2, -0.15) is 4.98 Å². The number of carbonyl (C=O) groups is 1. The van der Waals surface area contributed by atoms with Gasteiger partial charge < -0.3 is 13.8 Å². The molecule has 3 aromatic rings. The van der Waals surface area contributed by atoms with Crippen molar-refractivity contribution in [3.63, 3.8) is 0 Å². The van der Waals surface area contributed by atoms with Crippen LogP contribution in [0.25, 0.3) is 23.0 Å². The Hall–Kier alpha value is -2.89. The summed E-state index contributed by atoms with van der Waals surface area (Å²) in [4.78, 5) is 18.7. The van der Waals surface area contributed by atoms with Crippen LogP contribution in [0.2, 0.25) is 0 Å². The predicted octanol–water partition coefficient (Wildman–Crippen LogP) is 3.23. The molecule has 1 amide bonds. The first-order chi connectivity index (χ1) is 11.3. The van der Waals surface area contributed by atoms with Crippen LogP contribution in [0.3, 0.4) is 0 Å². The first-order valence-electron chi connectivity index (χ1n) is 7.58. The number of rotatable bonds is 3. The number of hydrogen-bond acceptors (Lipinski definition) is 5. The highest BCUT2D eigenvalue weighted by Crippen LogP contribution is 2.23. The third kappa shape index (κ3) is 2.63. The van der Waals surface area contributed by atoms with E-state index in [2.05, 4.69) is 10.1 Å². The first-order valence-corrected chi connectivity index (χ1v) is 7.58. The molecule has 1 fully saturated rings. The maximum Gasteiger partial charge on any atom is 0.293 e. The van der Waals surface area contributed by atoms with Gasteiger partial charge in [0.25, 0.3) is 11.8 Å². The first kappa shape index (κ1) is 13.8. The Morgan fingerprint density at radius 1 is 1.13 bits per heavy atom. The van der Waals surface area contributed by atoms with Crippen molar-refractivity contribution in [2.75, 3.05) is 13.1 Å². The van der Waals surface area contributed by atoms with Gasteiger partial charge in [-0.15, -0.1) is 0 Å². The molecule has 23 heavy (non-hydrogen) atoms. The average Bonchev–Trinajstić information content (AvgIpc) is 3.36. The van der Waals surface area contributed by atoms with Crippen molar-refractivity contribution < 1.29 is 13.7 Å². The summed E-state index contributed by atoms with van der Waals surface area (Å²) in [6.45, 7) is 1.65. The largest absolute Gasteiger partial charge is 0.459 e. The van der Waals surface area contributed by atoms with E-state index in [1.807, 2.05) is 23.1 Å². The number of hydrogen-bond donors (Lipinski definition) is 0. The molecule has 0 atom stereocenters. The lowest BCUT2D eigenvalue weighted by Crippen LogP contribution is -2.27. The second-order valence-electron chi connectivity index (χ2n) is 5.48. The van der Waals surface area contributed by atoms with Gasteiger partial charge in [0.1, 0.15) is 0 Å². The summed E-state index contributed by atoms with van der Waals surface area (Å²) in [5, 5.41) is 3.97. The molecule has 3 heterocycles. The number of carbonyl (C=O) groups excluding carboxylic acids is 1. The van der Waals surface area contributed by atoms with Crippen LogP contribution in [0.15, 0.2) is 51.6 Å². The maximum atomic E-state index is 12.5. The smallest absolute Gasteiger partial charge is 0.293 e. The van der Waals surface area contributed by atoms with Crippen LogP contribution in [0, 0.1) is 0 Å². The highest BCUT2D eigenvalue weighted by molar-refractivity contribution is 5.95. The van der Waals surface area contributed by atoms with Gasteiger partial charge in [-0.1, -0.05) is 17.3 Å². The van der Waals surface area contributed by atoms with E-state index in [-0.39, 0.29) is 5.91 Å². The molecule has 0 unspecified atom stereocenters. The van der Waals surface area contributed by atoms with E-state index in [4.69, 9.17) is 8.94 Å². The van der Waals surface area contributed by atoms with Gasteiger partial charge in [-0.3, -0.25) is 4.79 Å². The standard InChI is InChI=1S/C17H15N3O3/c21-17(20-8-1-2-9-20)13-6-3-5-12(11-13)15-18-16(23-19-15)14-7-4-10-22-14/h3-7,10-11H,1-2,8-9H2. The van der Waals surface area contributed by atoms with E-state index >= 15 is 0 Å². The van der Waals surface area contributed by atoms with Crippen molar-refractivity contribution in [2.24, 2.45) is 0 Å². The van der Waals surface area contributed by atoms with Gasteiger partial charge in [0, 0.05) is 24.2 Å². The van der Waals surface area contributed by atoms with Crippen LogP contribution in [-0.2, 0) is 0 Å². The van der Waals surface area contributed by atoms with Crippen molar-refractivity contribution in [3.8, 4) is 23.0 Å². The Kier molecular flexibility index (Phi) is 3.42. The third-order valence-corrected chi connectivity index (χ3v) is 3.92. The number of benzene rings is 1. The summed E-state index contributed by atoms with van der Waals surface area (Å²) in [5.74, 6) is 1.33. The maximum absolute atomic E-state index is 12.5. The number of nitrogens with zero attached hydrogens (tertiary/aromatic N) is 3. The zero-order valence-corrected chi connectivity index (χ0v) is 12.4. The molecule has 1 saturated heterocycles. The molecule has 6 nitrogen and oxygen atoms in total. The molecule has 0 radical (unpaired) electrons. The van der Waals surface area contributed by atoms with E-state index in [9.17, 15) is 4.79 Å². The molecule has 0 aliphatic carbocycles. The number of aromatic nitrogens is 2. The summed E-state index contributed by atoms with van der Waals surface area (Å²) < 4.78 is 10.5. The fourth-order valence-corrected chi connectivity index (χ4v) is 2.74. The van der Waals surface area contributed by atoms with Crippen LogP contribution in [0.5, 0.6) is 0 Å². The highest BCUT2D eigenvalue weighted by atomic mass is 16.5. The lowest BCUT2D eigenvalue weighted by Gasteiger charge is -2.15. The Labute approximate surface area is 132 Å². The van der Waals surface area contributed by atoms with Crippen LogP contribution in [-0.4, -0.2) is 34.0 Å². The number of amides is 1. The fourth-order valence-electron chi connectivity index (χ4n) is 2.74. The molecule has 1 aliphatic rings. The molecular formula is C17H15N3O3. The van der Waals surface area contributed by atoms with E-state index in [0.717, 1.165) is 31.5 Å². The lowest BCUT2D eigenvalue weighted by molar-refractivity contribution is 0.0793. The molecule has 2 aromatic heterocycles. The molecule has 0 spiro atoms. The van der Waals surface area contributed by atoms with Crippen LogP contribution in [0.4, 0.5) is 0 Å². The fraction of sp³-hybridized carbons (Fsp3) is 0.235. The molecule has 4 rings (SSSR count). The van der Waals surface area contributed by atoms with Crippen molar-refractivity contribution in [2.45, 2.75) is 12.8 Å². The quantitative estimate of drug-likeness (QED) is 0.742. The number of furan rings is 1. The van der Waals surface area contributed by atoms with Crippen LogP contribution in [0.1, 0.15) is 23.2 Å². The zero-order chi connectivity index (χ0) is 15.6. The van der Waals surface area contributed by atoms with Gasteiger partial charge in [0.15, 0.2) is 5.76 Å². The minimum atomic E-state index is 0.0547. The average molecular weight is 309 g/mol. The molecular weight excluding hydrogens is 294 g/mol. The van der Waals surface area contributed by atoms with Gasteiger partial charge in [-0.05, 0) is 37.1 Å².